The minimum Gasteiger partial charge on any atom is -0.478 e. The number of carbonyl (C=O) groups is 4. The van der Waals surface area contributed by atoms with Crippen LogP contribution in [0.4, 0.5) is 15.0 Å². The van der Waals surface area contributed by atoms with Crippen molar-refractivity contribution in [1.29, 1.82) is 0 Å². The van der Waals surface area contributed by atoms with E-state index in [0.29, 0.717) is 32.8 Å². The first-order valence-electron chi connectivity index (χ1n) is 13.6. The predicted octanol–water partition coefficient (Wildman–Crippen LogP) is 2.29. The lowest BCUT2D eigenvalue weighted by molar-refractivity contribution is -0.123. The Labute approximate surface area is 240 Å². The number of Topliss-reactive ketones (excluding diaryl/α,β-unsaturated/α-hetero) is 1. The highest BCUT2D eigenvalue weighted by molar-refractivity contribution is 6.00. The average molecular weight is 579 g/mol. The number of ether oxygens (including phenoxy) is 1. The maximum absolute atomic E-state index is 16.0. The maximum atomic E-state index is 16.0. The number of carbonyl (C=O) groups excluding carboxylic acids is 3. The molecule has 2 saturated heterocycles. The van der Waals surface area contributed by atoms with E-state index in [2.05, 4.69) is 10.4 Å². The number of piperidine rings is 1. The fourth-order valence-corrected chi connectivity index (χ4v) is 5.05. The number of halogens is 1. The van der Waals surface area contributed by atoms with Crippen LogP contribution in [0.15, 0.2) is 48.5 Å². The van der Waals surface area contributed by atoms with E-state index in [1.807, 2.05) is 24.3 Å². The molecule has 2 aliphatic heterocycles. The molecule has 0 saturated carbocycles. The molecule has 2 aliphatic rings. The van der Waals surface area contributed by atoms with E-state index >= 15 is 4.39 Å². The van der Waals surface area contributed by atoms with Crippen molar-refractivity contribution in [2.45, 2.75) is 25.4 Å². The molecule has 0 bridgehead atoms. The standard InChI is InChI=1S/C29H31FN6O6/c30-24-25(22-8-9-35(17-23(22)37)29(41)34-10-12-42-13-11-34)33-36(27(38)20-2-1-3-21(14-20)28(39)40)26(24)32-16-19-6-4-18(15-31)5-7-19/h1-7,14,22,32H,8-13,15-17,31H2,(H,39,40). The van der Waals surface area contributed by atoms with E-state index in [0.717, 1.165) is 15.8 Å². The van der Waals surface area contributed by atoms with Crippen LogP contribution in [0.3, 0.4) is 0 Å². The molecule has 1 aromatic heterocycles. The summed E-state index contributed by atoms with van der Waals surface area (Å²) in [6, 6.07) is 12.4. The molecule has 1 atom stereocenters. The van der Waals surface area contributed by atoms with Crippen LogP contribution in [-0.2, 0) is 22.6 Å². The number of carboxylic acids is 1. The molecule has 0 radical (unpaired) electrons. The molecule has 12 nitrogen and oxygen atoms in total. The molecule has 0 spiro atoms. The number of nitrogens with zero attached hydrogens (tertiary/aromatic N) is 4. The van der Waals surface area contributed by atoms with Crippen molar-refractivity contribution in [1.82, 2.24) is 19.6 Å². The molecular formula is C29H31FN6O6. The van der Waals surface area contributed by atoms with Gasteiger partial charge in [-0.15, -0.1) is 0 Å². The number of hydrogen-bond donors (Lipinski definition) is 3. The molecule has 220 valence electrons. The van der Waals surface area contributed by atoms with Gasteiger partial charge in [0.15, 0.2) is 17.4 Å². The van der Waals surface area contributed by atoms with Gasteiger partial charge >= 0.3 is 12.0 Å². The number of urea groups is 1. The van der Waals surface area contributed by atoms with Crippen molar-refractivity contribution >= 4 is 29.5 Å². The zero-order valence-electron chi connectivity index (χ0n) is 22.8. The number of aromatic carboxylic acids is 1. The Balaban J connectivity index is 1.42. The first kappa shape index (κ1) is 28.9. The van der Waals surface area contributed by atoms with Crippen LogP contribution in [0.25, 0.3) is 0 Å². The highest BCUT2D eigenvalue weighted by atomic mass is 19.1. The van der Waals surface area contributed by atoms with E-state index in [1.165, 1.54) is 29.2 Å². The summed E-state index contributed by atoms with van der Waals surface area (Å²) in [5, 5.41) is 16.5. The fourth-order valence-electron chi connectivity index (χ4n) is 5.05. The van der Waals surface area contributed by atoms with Crippen LogP contribution < -0.4 is 11.1 Å². The first-order valence-corrected chi connectivity index (χ1v) is 13.6. The molecule has 13 heteroatoms. The number of anilines is 1. The SMILES string of the molecule is NCc1ccc(CNc2c(F)c(C3CCN(C(=O)N4CCOCC4)CC3=O)nn2C(=O)c2cccc(C(=O)O)c2)cc1. The molecule has 4 N–H and O–H groups in total. The van der Waals surface area contributed by atoms with Gasteiger partial charge in [0.2, 0.25) is 0 Å². The van der Waals surface area contributed by atoms with Crippen molar-refractivity contribution in [3.05, 3.63) is 82.3 Å². The third-order valence-electron chi connectivity index (χ3n) is 7.43. The van der Waals surface area contributed by atoms with Gasteiger partial charge in [0, 0.05) is 38.3 Å². The number of hydrogen-bond acceptors (Lipinski definition) is 8. The number of amides is 2. The van der Waals surface area contributed by atoms with Crippen molar-refractivity contribution in [2.24, 2.45) is 5.73 Å². The van der Waals surface area contributed by atoms with Crippen molar-refractivity contribution in [2.75, 3.05) is 44.7 Å². The summed E-state index contributed by atoms with van der Waals surface area (Å²) in [7, 11) is 0. The number of rotatable bonds is 7. The van der Waals surface area contributed by atoms with Gasteiger partial charge < -0.3 is 30.7 Å². The van der Waals surface area contributed by atoms with Gasteiger partial charge in [-0.05, 0) is 35.7 Å². The largest absolute Gasteiger partial charge is 0.478 e. The Morgan fingerprint density at radius 1 is 1.02 bits per heavy atom. The Kier molecular flexibility index (Phi) is 8.59. The molecule has 2 aromatic carbocycles. The smallest absolute Gasteiger partial charge is 0.335 e. The summed E-state index contributed by atoms with van der Waals surface area (Å²) in [5.41, 5.74) is 7.03. The second-order valence-corrected chi connectivity index (χ2v) is 10.1. The van der Waals surface area contributed by atoms with Crippen LogP contribution in [0, 0.1) is 5.82 Å². The molecule has 42 heavy (non-hydrogen) atoms. The van der Waals surface area contributed by atoms with Gasteiger partial charge in [-0.25, -0.2) is 14.0 Å². The fraction of sp³-hybridized carbons (Fsp3) is 0.345. The van der Waals surface area contributed by atoms with Gasteiger partial charge in [-0.1, -0.05) is 30.3 Å². The van der Waals surface area contributed by atoms with Crippen LogP contribution >= 0.6 is 0 Å². The van der Waals surface area contributed by atoms with Crippen LogP contribution in [0.5, 0.6) is 0 Å². The zero-order valence-corrected chi connectivity index (χ0v) is 22.8. The molecule has 0 aliphatic carbocycles. The summed E-state index contributed by atoms with van der Waals surface area (Å²) in [6.07, 6.45) is 0.130. The van der Waals surface area contributed by atoms with Gasteiger partial charge in [-0.3, -0.25) is 9.59 Å². The molecule has 5 rings (SSSR count). The predicted molar refractivity (Wildman–Crippen MR) is 149 cm³/mol. The third kappa shape index (κ3) is 6.02. The number of ketones is 1. The molecule has 3 aromatic rings. The van der Waals surface area contributed by atoms with Gasteiger partial charge in [0.05, 0.1) is 31.2 Å². The molecule has 2 fully saturated rings. The normalized spacial score (nSPS) is 17.3. The van der Waals surface area contributed by atoms with E-state index in [-0.39, 0.29) is 54.7 Å². The maximum Gasteiger partial charge on any atom is 0.335 e. The quantitative estimate of drug-likeness (QED) is 0.382. The summed E-state index contributed by atoms with van der Waals surface area (Å²) in [4.78, 5) is 54.2. The van der Waals surface area contributed by atoms with E-state index in [4.69, 9.17) is 10.5 Å². The number of nitrogens with one attached hydrogen (secondary N) is 1. The topological polar surface area (TPSA) is 160 Å². The highest BCUT2D eigenvalue weighted by Crippen LogP contribution is 2.31. The average Bonchev–Trinajstić information content (AvgIpc) is 3.35. The van der Waals surface area contributed by atoms with Crippen LogP contribution in [0.1, 0.15) is 49.9 Å². The lowest BCUT2D eigenvalue weighted by Crippen LogP contribution is -2.52. The summed E-state index contributed by atoms with van der Waals surface area (Å²) in [6.45, 7) is 2.22. The van der Waals surface area contributed by atoms with E-state index in [9.17, 15) is 24.3 Å². The van der Waals surface area contributed by atoms with Gasteiger partial charge in [0.1, 0.15) is 5.69 Å². The molecule has 3 heterocycles. The number of benzene rings is 2. The van der Waals surface area contributed by atoms with Crippen molar-refractivity contribution in [3.63, 3.8) is 0 Å². The van der Waals surface area contributed by atoms with E-state index in [1.54, 1.807) is 4.90 Å². The van der Waals surface area contributed by atoms with Gasteiger partial charge in [0.25, 0.3) is 5.91 Å². The zero-order chi connectivity index (χ0) is 29.8. The summed E-state index contributed by atoms with van der Waals surface area (Å²) in [5.74, 6) is -4.46. The van der Waals surface area contributed by atoms with E-state index < -0.39 is 29.4 Å². The third-order valence-corrected chi connectivity index (χ3v) is 7.43. The summed E-state index contributed by atoms with van der Waals surface area (Å²) >= 11 is 0. The number of carboxylic acid groups (broad SMARTS) is 1. The number of morpholine rings is 1. The minimum absolute atomic E-state index is 0.0171. The Morgan fingerprint density at radius 2 is 1.71 bits per heavy atom. The lowest BCUT2D eigenvalue weighted by atomic mass is 9.92. The van der Waals surface area contributed by atoms with Crippen molar-refractivity contribution < 1.29 is 33.4 Å². The second kappa shape index (κ2) is 12.5. The minimum atomic E-state index is -1.22. The number of nitrogens with two attached hydrogens (primary N) is 1. The van der Waals surface area contributed by atoms with Crippen LogP contribution in [-0.4, -0.2) is 87.8 Å². The monoisotopic (exact) mass is 578 g/mol. The second-order valence-electron chi connectivity index (χ2n) is 10.1. The van der Waals surface area contributed by atoms with Crippen molar-refractivity contribution in [3.8, 4) is 0 Å². The lowest BCUT2D eigenvalue weighted by Gasteiger charge is -2.36. The number of aromatic nitrogens is 2. The summed E-state index contributed by atoms with van der Waals surface area (Å²) < 4.78 is 22.2. The molecule has 2 amide bonds. The Morgan fingerprint density at radius 3 is 2.38 bits per heavy atom. The Bertz CT molecular complexity index is 1500. The number of likely N-dealkylation sites (tertiary alicyclic amines) is 1. The first-order chi connectivity index (χ1) is 20.3. The van der Waals surface area contributed by atoms with Gasteiger partial charge in [-0.2, -0.15) is 9.78 Å². The molecular weight excluding hydrogens is 547 g/mol. The highest BCUT2D eigenvalue weighted by Gasteiger charge is 2.38. The molecule has 1 unspecified atom stereocenters. The Hall–Kier alpha value is -4.62. The van der Waals surface area contributed by atoms with Crippen LogP contribution in [0.2, 0.25) is 0 Å².